The molecule has 3 nitrogen and oxygen atoms in total. The van der Waals surface area contributed by atoms with Crippen molar-refractivity contribution in [1.82, 2.24) is 4.90 Å². The fraction of sp³-hybridized carbons (Fsp3) is 0.933. The molecule has 0 radical (unpaired) electrons. The Morgan fingerprint density at radius 3 is 2.39 bits per heavy atom. The molecule has 1 aliphatic carbocycles. The zero-order chi connectivity index (χ0) is 13.2. The minimum absolute atomic E-state index is 0.164. The van der Waals surface area contributed by atoms with Gasteiger partial charge in [0, 0.05) is 19.5 Å². The summed E-state index contributed by atoms with van der Waals surface area (Å²) < 4.78 is 0. The summed E-state index contributed by atoms with van der Waals surface area (Å²) in [5.41, 5.74) is 0.849. The minimum atomic E-state index is -0.670. The molecule has 0 aromatic carbocycles. The molecule has 1 saturated carbocycles. The van der Waals surface area contributed by atoms with Crippen molar-refractivity contribution in [3.63, 3.8) is 0 Å². The molecule has 2 fully saturated rings. The summed E-state index contributed by atoms with van der Waals surface area (Å²) in [6.07, 6.45) is 7.95. The summed E-state index contributed by atoms with van der Waals surface area (Å²) in [6, 6.07) is 0. The van der Waals surface area contributed by atoms with E-state index >= 15 is 0 Å². The van der Waals surface area contributed by atoms with Crippen LogP contribution < -0.4 is 0 Å². The van der Waals surface area contributed by atoms with Crippen molar-refractivity contribution in [2.45, 2.75) is 58.8 Å². The van der Waals surface area contributed by atoms with Gasteiger partial charge in [-0.05, 0) is 43.1 Å². The van der Waals surface area contributed by atoms with E-state index < -0.39 is 5.97 Å². The second kappa shape index (κ2) is 5.20. The van der Waals surface area contributed by atoms with Gasteiger partial charge in [-0.1, -0.05) is 26.7 Å². The lowest BCUT2D eigenvalue weighted by Gasteiger charge is -2.49. The lowest BCUT2D eigenvalue weighted by Crippen LogP contribution is -2.55. The highest BCUT2D eigenvalue weighted by atomic mass is 16.4. The molecule has 2 aliphatic rings. The van der Waals surface area contributed by atoms with Crippen molar-refractivity contribution in [1.29, 1.82) is 0 Å². The number of carboxylic acid groups (broad SMARTS) is 1. The van der Waals surface area contributed by atoms with Gasteiger partial charge in [0.2, 0.25) is 0 Å². The Morgan fingerprint density at radius 2 is 1.83 bits per heavy atom. The van der Waals surface area contributed by atoms with Crippen molar-refractivity contribution in [3.05, 3.63) is 0 Å². The summed E-state index contributed by atoms with van der Waals surface area (Å²) in [4.78, 5) is 13.2. The molecule has 1 saturated heterocycles. The average molecular weight is 253 g/mol. The number of nitrogens with zero attached hydrogens (tertiary/aromatic N) is 1. The lowest BCUT2D eigenvalue weighted by molar-refractivity contribution is -0.137. The maximum Gasteiger partial charge on any atom is 0.303 e. The van der Waals surface area contributed by atoms with Crippen molar-refractivity contribution in [3.8, 4) is 0 Å². The Hall–Kier alpha value is -0.570. The lowest BCUT2D eigenvalue weighted by atomic mass is 9.77. The number of aliphatic carboxylic acids is 1. The van der Waals surface area contributed by atoms with E-state index in [1.54, 1.807) is 0 Å². The summed E-state index contributed by atoms with van der Waals surface area (Å²) in [5.74, 6) is -0.670. The third-order valence-electron chi connectivity index (χ3n) is 4.90. The third-order valence-corrected chi connectivity index (χ3v) is 4.90. The maximum atomic E-state index is 10.6. The number of hydrogen-bond donors (Lipinski definition) is 1. The first kappa shape index (κ1) is 13.9. The SMILES string of the molecule is CC(C)(CCC(=O)O)CCN1CC2(CCCC2)C1. The molecule has 1 aliphatic heterocycles. The van der Waals surface area contributed by atoms with Crippen LogP contribution in [0, 0.1) is 10.8 Å². The van der Waals surface area contributed by atoms with Crippen LogP contribution in [0.2, 0.25) is 0 Å². The number of likely N-dealkylation sites (tertiary alicyclic amines) is 1. The molecule has 0 amide bonds. The molecule has 0 unspecified atom stereocenters. The molecule has 1 heterocycles. The average Bonchev–Trinajstić information content (AvgIpc) is 2.71. The van der Waals surface area contributed by atoms with Crippen molar-refractivity contribution in [2.75, 3.05) is 19.6 Å². The normalized spacial score (nSPS) is 23.2. The van der Waals surface area contributed by atoms with Crippen molar-refractivity contribution in [2.24, 2.45) is 10.8 Å². The number of carbonyl (C=O) groups is 1. The van der Waals surface area contributed by atoms with Gasteiger partial charge in [0.05, 0.1) is 0 Å². The Balaban J connectivity index is 1.64. The van der Waals surface area contributed by atoms with Crippen LogP contribution in [-0.2, 0) is 4.79 Å². The molecular formula is C15H27NO2. The zero-order valence-electron chi connectivity index (χ0n) is 11.9. The molecule has 2 rings (SSSR count). The van der Waals surface area contributed by atoms with Crippen LogP contribution in [0.4, 0.5) is 0 Å². The first-order valence-corrected chi connectivity index (χ1v) is 7.35. The number of hydrogen-bond acceptors (Lipinski definition) is 2. The van der Waals surface area contributed by atoms with Crippen LogP contribution in [0.5, 0.6) is 0 Å². The largest absolute Gasteiger partial charge is 0.481 e. The van der Waals surface area contributed by atoms with E-state index in [-0.39, 0.29) is 5.41 Å². The fourth-order valence-corrected chi connectivity index (χ4v) is 3.53. The third kappa shape index (κ3) is 3.47. The summed E-state index contributed by atoms with van der Waals surface area (Å²) in [6.45, 7) is 8.13. The van der Waals surface area contributed by atoms with Gasteiger partial charge in [-0.15, -0.1) is 0 Å². The molecule has 1 spiro atoms. The predicted octanol–water partition coefficient (Wildman–Crippen LogP) is 3.14. The van der Waals surface area contributed by atoms with Crippen molar-refractivity contribution < 1.29 is 9.90 Å². The van der Waals surface area contributed by atoms with E-state index in [9.17, 15) is 4.79 Å². The molecule has 3 heteroatoms. The van der Waals surface area contributed by atoms with E-state index in [0.717, 1.165) is 19.4 Å². The monoisotopic (exact) mass is 253 g/mol. The Bertz CT molecular complexity index is 298. The summed E-state index contributed by atoms with van der Waals surface area (Å²) in [7, 11) is 0. The van der Waals surface area contributed by atoms with Crippen LogP contribution in [0.25, 0.3) is 0 Å². The topological polar surface area (TPSA) is 40.5 Å². The summed E-state index contributed by atoms with van der Waals surface area (Å²) >= 11 is 0. The quantitative estimate of drug-likeness (QED) is 0.790. The Morgan fingerprint density at radius 1 is 1.22 bits per heavy atom. The molecule has 0 atom stereocenters. The predicted molar refractivity (Wildman–Crippen MR) is 72.6 cm³/mol. The second-order valence-electron chi connectivity index (χ2n) is 7.23. The van der Waals surface area contributed by atoms with E-state index in [0.29, 0.717) is 11.8 Å². The smallest absolute Gasteiger partial charge is 0.303 e. The molecule has 18 heavy (non-hydrogen) atoms. The van der Waals surface area contributed by atoms with Gasteiger partial charge >= 0.3 is 5.97 Å². The first-order valence-electron chi connectivity index (χ1n) is 7.35. The Labute approximate surface area is 111 Å². The van der Waals surface area contributed by atoms with Crippen LogP contribution in [0.15, 0.2) is 0 Å². The fourth-order valence-electron chi connectivity index (χ4n) is 3.53. The van der Waals surface area contributed by atoms with Gasteiger partial charge in [-0.3, -0.25) is 4.79 Å². The van der Waals surface area contributed by atoms with Crippen LogP contribution >= 0.6 is 0 Å². The van der Waals surface area contributed by atoms with Gasteiger partial charge < -0.3 is 10.0 Å². The highest BCUT2D eigenvalue weighted by Crippen LogP contribution is 2.45. The van der Waals surface area contributed by atoms with Crippen LogP contribution in [0.1, 0.15) is 58.8 Å². The second-order valence-corrected chi connectivity index (χ2v) is 7.23. The minimum Gasteiger partial charge on any atom is -0.481 e. The first-order chi connectivity index (χ1) is 8.41. The van der Waals surface area contributed by atoms with E-state index in [1.807, 2.05) is 0 Å². The van der Waals surface area contributed by atoms with Gasteiger partial charge in [0.1, 0.15) is 0 Å². The molecule has 104 valence electrons. The zero-order valence-corrected chi connectivity index (χ0v) is 11.9. The van der Waals surface area contributed by atoms with Gasteiger partial charge in [0.25, 0.3) is 0 Å². The molecule has 0 aromatic heterocycles. The molecule has 1 N–H and O–H groups in total. The van der Waals surface area contributed by atoms with E-state index in [4.69, 9.17) is 5.11 Å². The number of rotatable bonds is 6. The van der Waals surface area contributed by atoms with Gasteiger partial charge in [-0.2, -0.15) is 0 Å². The molecule has 0 aromatic rings. The van der Waals surface area contributed by atoms with E-state index in [2.05, 4.69) is 18.7 Å². The standard InChI is InChI=1S/C15H27NO2/c1-14(2,8-5-13(17)18)9-10-16-11-15(12-16)6-3-4-7-15/h3-12H2,1-2H3,(H,17,18). The molecular weight excluding hydrogens is 226 g/mol. The van der Waals surface area contributed by atoms with Crippen LogP contribution in [0.3, 0.4) is 0 Å². The van der Waals surface area contributed by atoms with Crippen molar-refractivity contribution >= 4 is 5.97 Å². The molecule has 0 bridgehead atoms. The maximum absolute atomic E-state index is 10.6. The highest BCUT2D eigenvalue weighted by molar-refractivity contribution is 5.66. The number of carboxylic acids is 1. The van der Waals surface area contributed by atoms with Gasteiger partial charge in [-0.25, -0.2) is 0 Å². The van der Waals surface area contributed by atoms with Gasteiger partial charge in [0.15, 0.2) is 0 Å². The summed E-state index contributed by atoms with van der Waals surface area (Å²) in [5, 5.41) is 8.74. The van der Waals surface area contributed by atoms with Crippen LogP contribution in [-0.4, -0.2) is 35.6 Å². The highest BCUT2D eigenvalue weighted by Gasteiger charge is 2.44. The van der Waals surface area contributed by atoms with E-state index in [1.165, 1.54) is 38.8 Å². The Kier molecular flexibility index (Phi) is 4.00.